The van der Waals surface area contributed by atoms with Crippen molar-refractivity contribution in [3.63, 3.8) is 0 Å². The summed E-state index contributed by atoms with van der Waals surface area (Å²) in [6.07, 6.45) is 0. The molecule has 0 aliphatic carbocycles. The van der Waals surface area contributed by atoms with Crippen LogP contribution in [-0.4, -0.2) is 11.7 Å². The predicted molar refractivity (Wildman–Crippen MR) is 83.4 cm³/mol. The van der Waals surface area contributed by atoms with Crippen LogP contribution in [0.3, 0.4) is 0 Å². The van der Waals surface area contributed by atoms with E-state index in [0.717, 1.165) is 15.7 Å². The van der Waals surface area contributed by atoms with Crippen molar-refractivity contribution in [2.75, 3.05) is 11.9 Å². The van der Waals surface area contributed by atoms with Gasteiger partial charge in [-0.05, 0) is 47.0 Å². The van der Waals surface area contributed by atoms with Gasteiger partial charge in [0.25, 0.3) is 0 Å². The smallest absolute Gasteiger partial charge is 0.104 e. The standard InChI is InChI=1S/C16H18BrNO/c1-12-7-6-10-14(15(12)17)18-11-16(2,19)13-8-4-3-5-9-13/h3-10,18-19H,11H2,1-2H3. The van der Waals surface area contributed by atoms with E-state index < -0.39 is 5.60 Å². The van der Waals surface area contributed by atoms with Crippen molar-refractivity contribution in [3.05, 3.63) is 64.1 Å². The third-order valence-corrected chi connectivity index (χ3v) is 4.26. The first-order valence-electron chi connectivity index (χ1n) is 6.27. The van der Waals surface area contributed by atoms with Gasteiger partial charge in [0.2, 0.25) is 0 Å². The van der Waals surface area contributed by atoms with Crippen molar-refractivity contribution in [1.29, 1.82) is 0 Å². The van der Waals surface area contributed by atoms with Gasteiger partial charge >= 0.3 is 0 Å². The van der Waals surface area contributed by atoms with Crippen LogP contribution in [0.2, 0.25) is 0 Å². The van der Waals surface area contributed by atoms with Crippen LogP contribution >= 0.6 is 15.9 Å². The Labute approximate surface area is 122 Å². The van der Waals surface area contributed by atoms with E-state index in [1.807, 2.05) is 62.4 Å². The zero-order valence-corrected chi connectivity index (χ0v) is 12.7. The van der Waals surface area contributed by atoms with Crippen LogP contribution in [-0.2, 0) is 5.60 Å². The zero-order chi connectivity index (χ0) is 13.9. The molecule has 0 radical (unpaired) electrons. The number of anilines is 1. The topological polar surface area (TPSA) is 32.3 Å². The lowest BCUT2D eigenvalue weighted by molar-refractivity contribution is 0.0715. The summed E-state index contributed by atoms with van der Waals surface area (Å²) in [5.74, 6) is 0. The molecule has 0 aliphatic rings. The highest BCUT2D eigenvalue weighted by molar-refractivity contribution is 9.10. The van der Waals surface area contributed by atoms with Crippen LogP contribution in [0.25, 0.3) is 0 Å². The van der Waals surface area contributed by atoms with Crippen LogP contribution in [0.1, 0.15) is 18.1 Å². The SMILES string of the molecule is Cc1cccc(NCC(C)(O)c2ccccc2)c1Br. The molecule has 0 heterocycles. The van der Waals surface area contributed by atoms with Crippen LogP contribution in [0, 0.1) is 6.92 Å². The van der Waals surface area contributed by atoms with E-state index in [2.05, 4.69) is 21.2 Å². The van der Waals surface area contributed by atoms with Gasteiger partial charge in [-0.2, -0.15) is 0 Å². The lowest BCUT2D eigenvalue weighted by Gasteiger charge is -2.25. The van der Waals surface area contributed by atoms with E-state index >= 15 is 0 Å². The van der Waals surface area contributed by atoms with Crippen LogP contribution in [0.15, 0.2) is 53.0 Å². The Morgan fingerprint density at radius 1 is 1.11 bits per heavy atom. The zero-order valence-electron chi connectivity index (χ0n) is 11.2. The first-order valence-corrected chi connectivity index (χ1v) is 7.07. The van der Waals surface area contributed by atoms with Gasteiger partial charge in [0, 0.05) is 16.7 Å². The third-order valence-electron chi connectivity index (χ3n) is 3.21. The quantitative estimate of drug-likeness (QED) is 0.890. The summed E-state index contributed by atoms with van der Waals surface area (Å²) in [5.41, 5.74) is 2.18. The maximum atomic E-state index is 10.5. The van der Waals surface area contributed by atoms with Gasteiger partial charge in [0.15, 0.2) is 0 Å². The molecule has 100 valence electrons. The molecule has 0 aromatic heterocycles. The summed E-state index contributed by atoms with van der Waals surface area (Å²) < 4.78 is 1.04. The Morgan fingerprint density at radius 2 is 1.79 bits per heavy atom. The fourth-order valence-electron chi connectivity index (χ4n) is 1.95. The second-order valence-electron chi connectivity index (χ2n) is 4.93. The van der Waals surface area contributed by atoms with Crippen molar-refractivity contribution in [2.45, 2.75) is 19.4 Å². The second kappa shape index (κ2) is 5.76. The van der Waals surface area contributed by atoms with E-state index in [4.69, 9.17) is 0 Å². The predicted octanol–water partition coefficient (Wildman–Crippen LogP) is 4.08. The largest absolute Gasteiger partial charge is 0.384 e. The highest BCUT2D eigenvalue weighted by atomic mass is 79.9. The number of halogens is 1. The number of hydrogen-bond acceptors (Lipinski definition) is 2. The maximum Gasteiger partial charge on any atom is 0.104 e. The van der Waals surface area contributed by atoms with Gasteiger partial charge < -0.3 is 10.4 Å². The molecule has 1 atom stereocenters. The number of hydrogen-bond donors (Lipinski definition) is 2. The molecule has 0 aliphatic heterocycles. The van der Waals surface area contributed by atoms with Gasteiger partial charge in [-0.1, -0.05) is 42.5 Å². The summed E-state index contributed by atoms with van der Waals surface area (Å²) in [4.78, 5) is 0. The van der Waals surface area contributed by atoms with Gasteiger partial charge in [0.1, 0.15) is 5.60 Å². The summed E-state index contributed by atoms with van der Waals surface area (Å²) in [6.45, 7) is 4.32. The van der Waals surface area contributed by atoms with Crippen LogP contribution in [0.4, 0.5) is 5.69 Å². The van der Waals surface area contributed by atoms with Gasteiger partial charge in [-0.25, -0.2) is 0 Å². The number of rotatable bonds is 4. The minimum absolute atomic E-state index is 0.457. The molecule has 1 unspecified atom stereocenters. The Bertz CT molecular complexity index is 552. The number of aliphatic hydroxyl groups is 1. The molecule has 2 aromatic carbocycles. The first kappa shape index (κ1) is 14.1. The van der Waals surface area contributed by atoms with Gasteiger partial charge in [-0.3, -0.25) is 0 Å². The van der Waals surface area contributed by atoms with E-state index in [1.165, 1.54) is 5.56 Å². The molecular weight excluding hydrogens is 302 g/mol. The summed E-state index contributed by atoms with van der Waals surface area (Å²) in [7, 11) is 0. The summed E-state index contributed by atoms with van der Waals surface area (Å²) in [5, 5.41) is 13.8. The molecule has 2 nitrogen and oxygen atoms in total. The molecule has 19 heavy (non-hydrogen) atoms. The molecule has 2 aromatic rings. The Morgan fingerprint density at radius 3 is 2.47 bits per heavy atom. The lowest BCUT2D eigenvalue weighted by atomic mass is 9.96. The molecule has 0 saturated heterocycles. The van der Waals surface area contributed by atoms with E-state index in [0.29, 0.717) is 6.54 Å². The molecular formula is C16H18BrNO. The summed E-state index contributed by atoms with van der Waals surface area (Å²) >= 11 is 3.56. The molecule has 3 heteroatoms. The average molecular weight is 320 g/mol. The van der Waals surface area contributed by atoms with Crippen molar-refractivity contribution in [2.24, 2.45) is 0 Å². The molecule has 0 amide bonds. The molecule has 2 N–H and O–H groups in total. The monoisotopic (exact) mass is 319 g/mol. The Kier molecular flexibility index (Phi) is 4.27. The minimum Gasteiger partial charge on any atom is -0.384 e. The fraction of sp³-hybridized carbons (Fsp3) is 0.250. The lowest BCUT2D eigenvalue weighted by Crippen LogP contribution is -2.30. The Balaban J connectivity index is 2.12. The highest BCUT2D eigenvalue weighted by Crippen LogP contribution is 2.27. The van der Waals surface area contributed by atoms with Crippen molar-refractivity contribution < 1.29 is 5.11 Å². The number of benzene rings is 2. The normalized spacial score (nSPS) is 13.9. The average Bonchev–Trinajstić information content (AvgIpc) is 2.41. The summed E-state index contributed by atoms with van der Waals surface area (Å²) in [6, 6.07) is 15.7. The van der Waals surface area contributed by atoms with E-state index in [-0.39, 0.29) is 0 Å². The van der Waals surface area contributed by atoms with Gasteiger partial charge in [0.05, 0.1) is 0 Å². The maximum absolute atomic E-state index is 10.5. The van der Waals surface area contributed by atoms with Crippen molar-refractivity contribution in [1.82, 2.24) is 0 Å². The molecule has 0 spiro atoms. The highest BCUT2D eigenvalue weighted by Gasteiger charge is 2.22. The van der Waals surface area contributed by atoms with Gasteiger partial charge in [-0.15, -0.1) is 0 Å². The molecule has 0 bridgehead atoms. The van der Waals surface area contributed by atoms with Crippen LogP contribution < -0.4 is 5.32 Å². The second-order valence-corrected chi connectivity index (χ2v) is 5.72. The van der Waals surface area contributed by atoms with Crippen LogP contribution in [0.5, 0.6) is 0 Å². The minimum atomic E-state index is -0.898. The number of aryl methyl sites for hydroxylation is 1. The van der Waals surface area contributed by atoms with E-state index in [9.17, 15) is 5.11 Å². The molecule has 2 rings (SSSR count). The third kappa shape index (κ3) is 3.37. The number of nitrogens with one attached hydrogen (secondary N) is 1. The molecule has 0 saturated carbocycles. The first-order chi connectivity index (χ1) is 9.00. The molecule has 0 fully saturated rings. The van der Waals surface area contributed by atoms with E-state index in [1.54, 1.807) is 0 Å². The fourth-order valence-corrected chi connectivity index (χ4v) is 2.36. The van der Waals surface area contributed by atoms with Crippen molar-refractivity contribution >= 4 is 21.6 Å². The van der Waals surface area contributed by atoms with Crippen molar-refractivity contribution in [3.8, 4) is 0 Å². The Hall–Kier alpha value is -1.32.